The molecule has 0 N–H and O–H groups in total. The van der Waals surface area contributed by atoms with Crippen LogP contribution in [0.2, 0.25) is 0 Å². The van der Waals surface area contributed by atoms with Crippen molar-refractivity contribution in [3.63, 3.8) is 0 Å². The Morgan fingerprint density at radius 1 is 0.812 bits per heavy atom. The first kappa shape index (κ1) is 21.4. The van der Waals surface area contributed by atoms with Crippen molar-refractivity contribution in [2.45, 2.75) is 31.7 Å². The van der Waals surface area contributed by atoms with Crippen LogP contribution >= 0.6 is 11.3 Å². The molecule has 32 heavy (non-hydrogen) atoms. The Bertz CT molecular complexity index is 910. The summed E-state index contributed by atoms with van der Waals surface area (Å²) < 4.78 is 0. The fourth-order valence-electron chi connectivity index (χ4n) is 4.93. The number of rotatable bonds is 4. The minimum atomic E-state index is 0.0358. The van der Waals surface area contributed by atoms with Crippen LogP contribution in [-0.4, -0.2) is 89.9 Å². The zero-order valence-electron chi connectivity index (χ0n) is 18.5. The van der Waals surface area contributed by atoms with Crippen LogP contribution in [0, 0.1) is 0 Å². The SMILES string of the molecule is O=C(c1ccc(N2CCCCCC2)cc1)N1CC(N2CCN(C(=O)c3nccs3)CC2)C1. The second-order valence-electron chi connectivity index (χ2n) is 8.98. The lowest BCUT2D eigenvalue weighted by atomic mass is 10.0. The fourth-order valence-corrected chi connectivity index (χ4v) is 5.54. The largest absolute Gasteiger partial charge is 0.372 e. The molecule has 7 nitrogen and oxygen atoms in total. The standard InChI is InChI=1S/C24H31N5O2S/c30-23(19-5-7-20(8-6-19)26-10-3-1-2-4-11-26)29-17-21(18-29)27-12-14-28(15-13-27)24(31)22-25-9-16-32-22/h5-9,16,21H,1-4,10-15,17-18H2. The van der Waals surface area contributed by atoms with Crippen molar-refractivity contribution in [2.75, 3.05) is 57.3 Å². The van der Waals surface area contributed by atoms with Gasteiger partial charge in [-0.3, -0.25) is 14.5 Å². The summed E-state index contributed by atoms with van der Waals surface area (Å²) in [5, 5.41) is 2.41. The Balaban J connectivity index is 1.09. The second kappa shape index (κ2) is 9.58. The van der Waals surface area contributed by atoms with Crippen molar-refractivity contribution < 1.29 is 9.59 Å². The van der Waals surface area contributed by atoms with Gasteiger partial charge in [0, 0.05) is 81.2 Å². The van der Waals surface area contributed by atoms with Crippen molar-refractivity contribution in [3.8, 4) is 0 Å². The highest BCUT2D eigenvalue weighted by Crippen LogP contribution is 2.23. The number of aromatic nitrogens is 1. The number of carbonyl (C=O) groups is 2. The van der Waals surface area contributed by atoms with Gasteiger partial charge in [0.05, 0.1) is 0 Å². The Hall–Kier alpha value is -2.45. The number of carbonyl (C=O) groups excluding carboxylic acids is 2. The Kier molecular flexibility index (Phi) is 6.41. The van der Waals surface area contributed by atoms with Gasteiger partial charge in [-0.2, -0.15) is 0 Å². The molecule has 1 aromatic heterocycles. The van der Waals surface area contributed by atoms with Crippen molar-refractivity contribution in [1.29, 1.82) is 0 Å². The number of nitrogens with zero attached hydrogens (tertiary/aromatic N) is 5. The van der Waals surface area contributed by atoms with E-state index in [1.165, 1.54) is 42.7 Å². The van der Waals surface area contributed by atoms with Gasteiger partial charge in [0.15, 0.2) is 5.01 Å². The molecule has 2 aromatic rings. The molecular weight excluding hydrogens is 422 g/mol. The van der Waals surface area contributed by atoms with Gasteiger partial charge in [0.1, 0.15) is 0 Å². The van der Waals surface area contributed by atoms with Crippen LogP contribution in [0.1, 0.15) is 45.8 Å². The van der Waals surface area contributed by atoms with E-state index in [1.807, 2.05) is 27.3 Å². The van der Waals surface area contributed by atoms with Crippen LogP contribution in [-0.2, 0) is 0 Å². The normalized spacial score (nSPS) is 20.7. The summed E-state index contributed by atoms with van der Waals surface area (Å²) in [4.78, 5) is 38.2. The predicted molar refractivity (Wildman–Crippen MR) is 126 cm³/mol. The highest BCUT2D eigenvalue weighted by atomic mass is 32.1. The molecule has 0 atom stereocenters. The molecule has 0 bridgehead atoms. The molecule has 0 saturated carbocycles. The molecule has 1 aromatic carbocycles. The van der Waals surface area contributed by atoms with Gasteiger partial charge in [-0.15, -0.1) is 11.3 Å². The first-order valence-corrected chi connectivity index (χ1v) is 12.6. The summed E-state index contributed by atoms with van der Waals surface area (Å²) in [6.45, 7) is 6.93. The van der Waals surface area contributed by atoms with Crippen molar-refractivity contribution in [2.24, 2.45) is 0 Å². The number of anilines is 1. The molecule has 0 spiro atoms. The van der Waals surface area contributed by atoms with Crippen molar-refractivity contribution in [3.05, 3.63) is 46.4 Å². The van der Waals surface area contributed by atoms with Gasteiger partial charge in [-0.05, 0) is 37.1 Å². The summed E-state index contributed by atoms with van der Waals surface area (Å²) >= 11 is 1.40. The number of amides is 2. The zero-order valence-corrected chi connectivity index (χ0v) is 19.3. The number of benzene rings is 1. The Labute approximate surface area is 193 Å². The van der Waals surface area contributed by atoms with E-state index in [4.69, 9.17) is 0 Å². The quantitative estimate of drug-likeness (QED) is 0.713. The molecule has 2 amide bonds. The third-order valence-corrected chi connectivity index (χ3v) is 7.73. The molecule has 3 fully saturated rings. The lowest BCUT2D eigenvalue weighted by molar-refractivity contribution is 0.00853. The minimum absolute atomic E-state index is 0.0358. The van der Waals surface area contributed by atoms with Gasteiger partial charge >= 0.3 is 0 Å². The molecule has 5 rings (SSSR count). The molecule has 8 heteroatoms. The van der Waals surface area contributed by atoms with Crippen LogP contribution in [0.15, 0.2) is 35.8 Å². The third kappa shape index (κ3) is 4.52. The van der Waals surface area contributed by atoms with Gasteiger partial charge in [-0.1, -0.05) is 12.8 Å². The van der Waals surface area contributed by atoms with Gasteiger partial charge in [-0.25, -0.2) is 4.98 Å². The maximum absolute atomic E-state index is 12.9. The van der Waals surface area contributed by atoms with Gasteiger partial charge in [0.2, 0.25) is 0 Å². The summed E-state index contributed by atoms with van der Waals surface area (Å²) in [6.07, 6.45) is 6.82. The minimum Gasteiger partial charge on any atom is -0.372 e. The molecule has 0 aliphatic carbocycles. The van der Waals surface area contributed by atoms with E-state index >= 15 is 0 Å². The van der Waals surface area contributed by atoms with Crippen molar-refractivity contribution >= 4 is 28.8 Å². The monoisotopic (exact) mass is 453 g/mol. The Morgan fingerprint density at radius 2 is 1.50 bits per heavy atom. The molecule has 3 aliphatic heterocycles. The topological polar surface area (TPSA) is 60.0 Å². The summed E-state index contributed by atoms with van der Waals surface area (Å²) in [5.41, 5.74) is 2.01. The average molecular weight is 454 g/mol. The van der Waals surface area contributed by atoms with E-state index in [0.717, 1.165) is 57.9 Å². The van der Waals surface area contributed by atoms with Crippen LogP contribution in [0.5, 0.6) is 0 Å². The fraction of sp³-hybridized carbons (Fsp3) is 0.542. The number of hydrogen-bond donors (Lipinski definition) is 0. The second-order valence-corrected chi connectivity index (χ2v) is 9.87. The van der Waals surface area contributed by atoms with Gasteiger partial charge < -0.3 is 14.7 Å². The molecule has 0 unspecified atom stereocenters. The van der Waals surface area contributed by atoms with E-state index < -0.39 is 0 Å². The highest BCUT2D eigenvalue weighted by molar-refractivity contribution is 7.11. The van der Waals surface area contributed by atoms with Crippen LogP contribution in [0.25, 0.3) is 0 Å². The number of piperazine rings is 1. The number of hydrogen-bond acceptors (Lipinski definition) is 6. The summed E-state index contributed by atoms with van der Waals surface area (Å²) in [7, 11) is 0. The molecule has 3 saturated heterocycles. The van der Waals surface area contributed by atoms with E-state index in [1.54, 1.807) is 6.20 Å². The van der Waals surface area contributed by atoms with E-state index in [-0.39, 0.29) is 11.8 Å². The number of likely N-dealkylation sites (tertiary alicyclic amines) is 1. The van der Waals surface area contributed by atoms with E-state index in [0.29, 0.717) is 11.0 Å². The first-order valence-electron chi connectivity index (χ1n) is 11.8. The summed E-state index contributed by atoms with van der Waals surface area (Å²) in [5.74, 6) is 0.162. The average Bonchev–Trinajstić information content (AvgIpc) is 3.21. The molecule has 170 valence electrons. The van der Waals surface area contributed by atoms with E-state index in [9.17, 15) is 9.59 Å². The van der Waals surface area contributed by atoms with Crippen LogP contribution < -0.4 is 4.90 Å². The van der Waals surface area contributed by atoms with Crippen molar-refractivity contribution in [1.82, 2.24) is 19.7 Å². The Morgan fingerprint density at radius 3 is 2.12 bits per heavy atom. The third-order valence-electron chi connectivity index (χ3n) is 6.97. The zero-order chi connectivity index (χ0) is 21.9. The van der Waals surface area contributed by atoms with Crippen LogP contribution in [0.4, 0.5) is 5.69 Å². The maximum Gasteiger partial charge on any atom is 0.282 e. The first-order chi connectivity index (χ1) is 15.7. The molecule has 0 radical (unpaired) electrons. The lowest BCUT2D eigenvalue weighted by Crippen LogP contribution is -2.64. The van der Waals surface area contributed by atoms with E-state index in [2.05, 4.69) is 26.9 Å². The summed E-state index contributed by atoms with van der Waals surface area (Å²) in [6, 6.07) is 8.58. The van der Waals surface area contributed by atoms with Crippen LogP contribution in [0.3, 0.4) is 0 Å². The molecular formula is C24H31N5O2S. The van der Waals surface area contributed by atoms with Gasteiger partial charge in [0.25, 0.3) is 11.8 Å². The smallest absolute Gasteiger partial charge is 0.282 e. The lowest BCUT2D eigenvalue weighted by Gasteiger charge is -2.48. The predicted octanol–water partition coefficient (Wildman–Crippen LogP) is 2.81. The highest BCUT2D eigenvalue weighted by Gasteiger charge is 2.37. The molecule has 4 heterocycles. The maximum atomic E-state index is 12.9. The molecule has 3 aliphatic rings. The number of thiazole rings is 1.